The molecule has 4 atom stereocenters. The van der Waals surface area contributed by atoms with Gasteiger partial charge in [0.05, 0.1) is 36.7 Å². The van der Waals surface area contributed by atoms with Crippen molar-refractivity contribution in [1.29, 1.82) is 0 Å². The molecule has 6 heteroatoms. The second-order valence-corrected chi connectivity index (χ2v) is 10.2. The quantitative estimate of drug-likeness (QED) is 0.448. The Morgan fingerprint density at radius 2 is 1.84 bits per heavy atom. The summed E-state index contributed by atoms with van der Waals surface area (Å²) in [4.78, 5) is 0. The first-order valence-corrected chi connectivity index (χ1v) is 12.2. The highest BCUT2D eigenvalue weighted by Gasteiger charge is 2.67. The second-order valence-electron chi connectivity index (χ2n) is 10.2. The molecule has 2 aliphatic rings. The van der Waals surface area contributed by atoms with E-state index in [1.807, 2.05) is 13.0 Å². The van der Waals surface area contributed by atoms with E-state index in [1.54, 1.807) is 6.26 Å². The van der Waals surface area contributed by atoms with Gasteiger partial charge in [0, 0.05) is 10.9 Å². The molecule has 1 spiro atoms. The lowest BCUT2D eigenvalue weighted by molar-refractivity contribution is -0.0689. The maximum atomic E-state index is 11.0. The number of phenols is 1. The number of benzene rings is 1. The lowest BCUT2D eigenvalue weighted by Crippen LogP contribution is -2.50. The van der Waals surface area contributed by atoms with Gasteiger partial charge < -0.3 is 29.6 Å². The summed E-state index contributed by atoms with van der Waals surface area (Å²) < 4.78 is 11.7. The van der Waals surface area contributed by atoms with Crippen LogP contribution in [0.15, 0.2) is 16.7 Å². The summed E-state index contributed by atoms with van der Waals surface area (Å²) in [5.74, 6) is 0.665. The number of rotatable bonds is 8. The van der Waals surface area contributed by atoms with E-state index in [0.29, 0.717) is 36.3 Å². The molecule has 0 radical (unpaired) electrons. The van der Waals surface area contributed by atoms with Crippen molar-refractivity contribution >= 4 is 11.0 Å². The molecule has 4 N–H and O–H groups in total. The smallest absolute Gasteiger partial charge is 0.146 e. The monoisotopic (exact) mass is 446 g/mol. The van der Waals surface area contributed by atoms with E-state index < -0.39 is 17.8 Å². The van der Waals surface area contributed by atoms with Crippen molar-refractivity contribution in [3.8, 4) is 5.75 Å². The van der Waals surface area contributed by atoms with Gasteiger partial charge in [0.25, 0.3) is 0 Å². The minimum Gasteiger partial charge on any atom is -0.507 e. The molecular formula is C26H38O6. The summed E-state index contributed by atoms with van der Waals surface area (Å²) in [7, 11) is 0. The molecule has 2 fully saturated rings. The molecule has 1 aliphatic carbocycles. The number of aliphatic hydroxyl groups excluding tert-OH is 3. The fraction of sp³-hybridized carbons (Fsp3) is 0.692. The van der Waals surface area contributed by atoms with Gasteiger partial charge in [0.2, 0.25) is 0 Å². The van der Waals surface area contributed by atoms with Crippen LogP contribution in [-0.2, 0) is 17.8 Å². The number of epoxide rings is 1. The standard InChI is InChI=1S/C26H38O6/c1-5-7-17(15-10-21(28)26(22(29)11-15)23(6-2)32-26)20-13-31-25-18(20)9-16(8-14(3)4)24(30)19(25)12-27/h9,13-15,17,21-23,27-30H,5-8,10-12H2,1-4H3/t15-,17-,21-,22-,23?,26+/m1/s1. The van der Waals surface area contributed by atoms with E-state index in [9.17, 15) is 20.4 Å². The molecule has 1 aliphatic heterocycles. The Hall–Kier alpha value is -1.60. The van der Waals surface area contributed by atoms with Crippen LogP contribution in [0.5, 0.6) is 5.75 Å². The second kappa shape index (κ2) is 8.98. The zero-order chi connectivity index (χ0) is 23.2. The van der Waals surface area contributed by atoms with E-state index in [0.717, 1.165) is 35.8 Å². The Labute approximate surface area is 190 Å². The zero-order valence-electron chi connectivity index (χ0n) is 19.7. The van der Waals surface area contributed by atoms with Crippen molar-refractivity contribution in [2.75, 3.05) is 0 Å². The highest BCUT2D eigenvalue weighted by atomic mass is 16.6. The van der Waals surface area contributed by atoms with Crippen LogP contribution >= 0.6 is 0 Å². The number of hydrogen-bond donors (Lipinski definition) is 4. The summed E-state index contributed by atoms with van der Waals surface area (Å²) in [6, 6.07) is 2.00. The van der Waals surface area contributed by atoms with Gasteiger partial charge in [-0.05, 0) is 61.5 Å². The van der Waals surface area contributed by atoms with Crippen LogP contribution in [0, 0.1) is 11.8 Å². The first kappa shape index (κ1) is 23.6. The summed E-state index contributed by atoms with van der Waals surface area (Å²) in [6.45, 7) is 8.06. The first-order chi connectivity index (χ1) is 15.3. The molecule has 1 aromatic heterocycles. The maximum Gasteiger partial charge on any atom is 0.146 e. The normalized spacial score (nSPS) is 31.0. The summed E-state index contributed by atoms with van der Waals surface area (Å²) in [5, 5.41) is 43.5. The molecule has 1 saturated heterocycles. The summed E-state index contributed by atoms with van der Waals surface area (Å²) in [5.41, 5.74) is 2.01. The fourth-order valence-electron chi connectivity index (χ4n) is 6.08. The third kappa shape index (κ3) is 3.75. The van der Waals surface area contributed by atoms with Crippen LogP contribution in [0.1, 0.15) is 82.4 Å². The van der Waals surface area contributed by atoms with Crippen LogP contribution in [0.25, 0.3) is 11.0 Å². The number of ether oxygens (including phenoxy) is 1. The van der Waals surface area contributed by atoms with Crippen LogP contribution in [0.4, 0.5) is 0 Å². The van der Waals surface area contributed by atoms with Crippen molar-refractivity contribution in [1.82, 2.24) is 0 Å². The zero-order valence-corrected chi connectivity index (χ0v) is 19.7. The number of hydrogen-bond acceptors (Lipinski definition) is 6. The number of aliphatic hydroxyl groups is 3. The van der Waals surface area contributed by atoms with Crippen molar-refractivity contribution in [3.63, 3.8) is 0 Å². The maximum absolute atomic E-state index is 11.0. The lowest BCUT2D eigenvalue weighted by Gasteiger charge is -2.39. The van der Waals surface area contributed by atoms with Gasteiger partial charge in [-0.3, -0.25) is 0 Å². The van der Waals surface area contributed by atoms with Crippen LogP contribution in [-0.4, -0.2) is 44.3 Å². The molecule has 4 rings (SSSR count). The minimum absolute atomic E-state index is 0.0680. The highest BCUT2D eigenvalue weighted by Crippen LogP contribution is 2.54. The predicted octanol–water partition coefficient (Wildman–Crippen LogP) is 4.39. The third-order valence-corrected chi connectivity index (χ3v) is 7.65. The Morgan fingerprint density at radius 3 is 2.38 bits per heavy atom. The summed E-state index contributed by atoms with van der Waals surface area (Å²) >= 11 is 0. The molecule has 2 heterocycles. The number of aromatic hydroxyl groups is 1. The van der Waals surface area contributed by atoms with Crippen molar-refractivity contribution in [3.05, 3.63) is 29.0 Å². The molecule has 0 amide bonds. The van der Waals surface area contributed by atoms with Gasteiger partial charge in [-0.2, -0.15) is 0 Å². The number of furan rings is 1. The Morgan fingerprint density at radius 1 is 1.16 bits per heavy atom. The molecular weight excluding hydrogens is 408 g/mol. The Balaban J connectivity index is 1.72. The van der Waals surface area contributed by atoms with Crippen LogP contribution < -0.4 is 0 Å². The predicted molar refractivity (Wildman–Crippen MR) is 123 cm³/mol. The van der Waals surface area contributed by atoms with Crippen molar-refractivity contribution in [2.24, 2.45) is 11.8 Å². The van der Waals surface area contributed by atoms with Crippen molar-refractivity contribution in [2.45, 2.75) is 103 Å². The molecule has 0 bridgehead atoms. The van der Waals surface area contributed by atoms with E-state index in [4.69, 9.17) is 9.15 Å². The minimum atomic E-state index is -0.791. The molecule has 32 heavy (non-hydrogen) atoms. The lowest BCUT2D eigenvalue weighted by atomic mass is 9.68. The average molecular weight is 447 g/mol. The van der Waals surface area contributed by atoms with Gasteiger partial charge in [-0.15, -0.1) is 0 Å². The van der Waals surface area contributed by atoms with Crippen molar-refractivity contribution < 1.29 is 29.6 Å². The first-order valence-electron chi connectivity index (χ1n) is 12.2. The van der Waals surface area contributed by atoms with Gasteiger partial charge in [-0.25, -0.2) is 0 Å². The molecule has 6 nitrogen and oxygen atoms in total. The van der Waals surface area contributed by atoms with E-state index in [1.165, 1.54) is 0 Å². The highest BCUT2D eigenvalue weighted by molar-refractivity contribution is 5.87. The fourth-order valence-corrected chi connectivity index (χ4v) is 6.08. The Kier molecular flexibility index (Phi) is 6.61. The van der Waals surface area contributed by atoms with Gasteiger partial charge >= 0.3 is 0 Å². The summed E-state index contributed by atoms with van der Waals surface area (Å²) in [6.07, 6.45) is 4.81. The van der Waals surface area contributed by atoms with Gasteiger partial charge in [-0.1, -0.05) is 34.1 Å². The molecule has 2 aromatic rings. The Bertz CT molecular complexity index is 935. The molecule has 1 unspecified atom stereocenters. The van der Waals surface area contributed by atoms with Crippen LogP contribution in [0.2, 0.25) is 0 Å². The number of fused-ring (bicyclic) bond motifs is 1. The SMILES string of the molecule is CCC[C@@H](c1coc2c(CO)c(O)c(CC(C)C)cc12)[C@H]1C[C@@H](O)[C@@]2(OC2CC)[C@H](O)C1. The largest absolute Gasteiger partial charge is 0.507 e. The van der Waals surface area contributed by atoms with E-state index >= 15 is 0 Å². The van der Waals surface area contributed by atoms with Gasteiger partial charge in [0.1, 0.15) is 16.9 Å². The molecule has 1 aromatic carbocycles. The van der Waals surface area contributed by atoms with E-state index in [2.05, 4.69) is 20.8 Å². The molecule has 1 saturated carbocycles. The van der Waals surface area contributed by atoms with Gasteiger partial charge in [0.15, 0.2) is 0 Å². The average Bonchev–Trinajstić information content (AvgIpc) is 3.36. The molecule has 178 valence electrons. The van der Waals surface area contributed by atoms with E-state index in [-0.39, 0.29) is 30.3 Å². The topological polar surface area (TPSA) is 107 Å². The van der Waals surface area contributed by atoms with Crippen LogP contribution in [0.3, 0.4) is 0 Å². The third-order valence-electron chi connectivity index (χ3n) is 7.65.